The summed E-state index contributed by atoms with van der Waals surface area (Å²) in [6.07, 6.45) is 8.57. The van der Waals surface area contributed by atoms with Crippen LogP contribution in [0.4, 0.5) is 0 Å². The molecule has 0 fully saturated rings. The lowest BCUT2D eigenvalue weighted by atomic mass is 9.89. The van der Waals surface area contributed by atoms with Crippen LogP contribution in [0.3, 0.4) is 0 Å². The van der Waals surface area contributed by atoms with Gasteiger partial charge in [-0.1, -0.05) is 33.6 Å². The minimum atomic E-state index is -0.456. The van der Waals surface area contributed by atoms with Crippen molar-refractivity contribution < 1.29 is 19.7 Å². The van der Waals surface area contributed by atoms with Crippen molar-refractivity contribution >= 4 is 6.47 Å². The molecule has 154 valence electrons. The molecule has 0 aliphatic rings. The molecule has 0 aliphatic carbocycles. The van der Waals surface area contributed by atoms with Crippen molar-refractivity contribution in [2.24, 2.45) is 5.41 Å². The van der Waals surface area contributed by atoms with E-state index in [1.165, 1.54) is 12.8 Å². The van der Waals surface area contributed by atoms with Crippen molar-refractivity contribution in [2.75, 3.05) is 0 Å². The molecule has 0 aromatic heterocycles. The SMILES string of the molecule is CC(C)(C)CCCCCc1cc(O)c(CCCCC(C)(C)OC=O)cc1O. The Hall–Kier alpha value is -1.71. The first-order valence-corrected chi connectivity index (χ1v) is 10.2. The van der Waals surface area contributed by atoms with Crippen LogP contribution in [0.1, 0.15) is 90.7 Å². The number of unbranched alkanes of at least 4 members (excludes halogenated alkanes) is 3. The summed E-state index contributed by atoms with van der Waals surface area (Å²) in [7, 11) is 0. The number of carbonyl (C=O) groups excluding carboxylic acids is 1. The largest absolute Gasteiger partial charge is 0.508 e. The first-order valence-electron chi connectivity index (χ1n) is 10.2. The predicted molar refractivity (Wildman–Crippen MR) is 110 cm³/mol. The fraction of sp³-hybridized carbons (Fsp3) is 0.696. The minimum Gasteiger partial charge on any atom is -0.508 e. The molecule has 4 heteroatoms. The number of rotatable bonds is 12. The molecule has 0 heterocycles. The molecule has 0 amide bonds. The van der Waals surface area contributed by atoms with Gasteiger partial charge in [-0.3, -0.25) is 4.79 Å². The Balaban J connectivity index is 2.44. The molecular weight excluding hydrogens is 340 g/mol. The summed E-state index contributed by atoms with van der Waals surface area (Å²) >= 11 is 0. The molecule has 0 saturated heterocycles. The van der Waals surface area contributed by atoms with Crippen molar-refractivity contribution in [1.29, 1.82) is 0 Å². The minimum absolute atomic E-state index is 0.265. The molecule has 0 unspecified atom stereocenters. The monoisotopic (exact) mass is 378 g/mol. The second-order valence-corrected chi connectivity index (χ2v) is 9.41. The van der Waals surface area contributed by atoms with Gasteiger partial charge in [-0.15, -0.1) is 0 Å². The Morgan fingerprint density at radius 2 is 1.30 bits per heavy atom. The maximum atomic E-state index is 10.5. The lowest BCUT2D eigenvalue weighted by Gasteiger charge is -2.22. The Bertz CT molecular complexity index is 585. The molecule has 0 bridgehead atoms. The fourth-order valence-corrected chi connectivity index (χ4v) is 3.27. The standard InChI is InChI=1S/C23H38O4/c1-22(2,3)13-9-6-7-11-18-15-21(26)19(16-20(18)25)12-8-10-14-23(4,5)27-17-24/h15-17,25-26H,6-14H2,1-5H3. The number of aromatic hydroxyl groups is 2. The number of ether oxygens (including phenoxy) is 1. The third-order valence-corrected chi connectivity index (χ3v) is 4.99. The summed E-state index contributed by atoms with van der Waals surface area (Å²) in [4.78, 5) is 10.5. The summed E-state index contributed by atoms with van der Waals surface area (Å²) in [5.41, 5.74) is 1.52. The van der Waals surface area contributed by atoms with Gasteiger partial charge in [0.1, 0.15) is 17.1 Å². The molecule has 0 atom stereocenters. The van der Waals surface area contributed by atoms with Gasteiger partial charge in [0.05, 0.1) is 0 Å². The molecule has 0 aliphatic heterocycles. The van der Waals surface area contributed by atoms with E-state index in [4.69, 9.17) is 4.74 Å². The van der Waals surface area contributed by atoms with Crippen LogP contribution in [0.5, 0.6) is 11.5 Å². The maximum absolute atomic E-state index is 10.5. The van der Waals surface area contributed by atoms with E-state index in [-0.39, 0.29) is 11.5 Å². The van der Waals surface area contributed by atoms with Gasteiger partial charge in [0.15, 0.2) is 0 Å². The van der Waals surface area contributed by atoms with Crippen LogP contribution in [-0.4, -0.2) is 22.3 Å². The van der Waals surface area contributed by atoms with Crippen LogP contribution in [0, 0.1) is 5.41 Å². The summed E-state index contributed by atoms with van der Waals surface area (Å²) in [6, 6.07) is 3.42. The number of phenols is 2. The van der Waals surface area contributed by atoms with E-state index in [9.17, 15) is 15.0 Å². The predicted octanol–water partition coefficient (Wildman–Crippen LogP) is 5.91. The number of benzene rings is 1. The molecule has 1 aromatic rings. The molecular formula is C23H38O4. The van der Waals surface area contributed by atoms with Crippen LogP contribution in [0.25, 0.3) is 0 Å². The highest BCUT2D eigenvalue weighted by atomic mass is 16.5. The van der Waals surface area contributed by atoms with Gasteiger partial charge in [0, 0.05) is 0 Å². The fourth-order valence-electron chi connectivity index (χ4n) is 3.27. The zero-order chi connectivity index (χ0) is 20.5. The normalized spacial score (nSPS) is 12.2. The summed E-state index contributed by atoms with van der Waals surface area (Å²) in [5, 5.41) is 20.6. The Morgan fingerprint density at radius 3 is 1.78 bits per heavy atom. The second kappa shape index (κ2) is 10.6. The molecule has 1 aromatic carbocycles. The topological polar surface area (TPSA) is 66.8 Å². The molecule has 0 saturated carbocycles. The summed E-state index contributed by atoms with van der Waals surface area (Å²) in [6.45, 7) is 11.0. The highest BCUT2D eigenvalue weighted by molar-refractivity contribution is 5.45. The lowest BCUT2D eigenvalue weighted by molar-refractivity contribution is -0.140. The quantitative estimate of drug-likeness (QED) is 0.269. The van der Waals surface area contributed by atoms with E-state index in [1.807, 2.05) is 13.8 Å². The molecule has 0 spiro atoms. The lowest BCUT2D eigenvalue weighted by Crippen LogP contribution is -2.23. The average Bonchev–Trinajstić information content (AvgIpc) is 2.53. The molecule has 2 N–H and O–H groups in total. The molecule has 4 nitrogen and oxygen atoms in total. The molecule has 27 heavy (non-hydrogen) atoms. The van der Waals surface area contributed by atoms with Crippen LogP contribution in [0.2, 0.25) is 0 Å². The van der Waals surface area contributed by atoms with Gasteiger partial charge in [0.25, 0.3) is 6.47 Å². The van der Waals surface area contributed by atoms with E-state index in [1.54, 1.807) is 12.1 Å². The number of hydrogen-bond donors (Lipinski definition) is 2. The van der Waals surface area contributed by atoms with Crippen molar-refractivity contribution in [1.82, 2.24) is 0 Å². The van der Waals surface area contributed by atoms with Crippen LogP contribution in [-0.2, 0) is 22.4 Å². The van der Waals surface area contributed by atoms with Crippen molar-refractivity contribution in [3.63, 3.8) is 0 Å². The summed E-state index contributed by atoms with van der Waals surface area (Å²) < 4.78 is 5.04. The Labute approximate surface area is 164 Å². The first-order chi connectivity index (χ1) is 12.5. The van der Waals surface area contributed by atoms with Crippen molar-refractivity contribution in [3.8, 4) is 11.5 Å². The van der Waals surface area contributed by atoms with Crippen LogP contribution < -0.4 is 0 Å². The smallest absolute Gasteiger partial charge is 0.293 e. The third-order valence-electron chi connectivity index (χ3n) is 4.99. The van der Waals surface area contributed by atoms with E-state index in [2.05, 4.69) is 20.8 Å². The number of aryl methyl sites for hydroxylation is 2. The van der Waals surface area contributed by atoms with Crippen molar-refractivity contribution in [3.05, 3.63) is 23.3 Å². The number of phenolic OH excluding ortho intramolecular Hbond substituents is 2. The highest BCUT2D eigenvalue weighted by Gasteiger charge is 2.18. The second-order valence-electron chi connectivity index (χ2n) is 9.41. The highest BCUT2D eigenvalue weighted by Crippen LogP contribution is 2.30. The van der Waals surface area contributed by atoms with Gasteiger partial charge in [0.2, 0.25) is 0 Å². The van der Waals surface area contributed by atoms with Crippen LogP contribution in [0.15, 0.2) is 12.1 Å². The van der Waals surface area contributed by atoms with E-state index in [0.717, 1.165) is 49.7 Å². The molecule has 1 rings (SSSR count). The summed E-state index contributed by atoms with van der Waals surface area (Å²) in [5.74, 6) is 0.545. The first kappa shape index (κ1) is 23.3. The Morgan fingerprint density at radius 1 is 0.815 bits per heavy atom. The van der Waals surface area contributed by atoms with Crippen LogP contribution >= 0.6 is 0 Å². The zero-order valence-corrected chi connectivity index (χ0v) is 17.8. The zero-order valence-electron chi connectivity index (χ0n) is 17.8. The van der Waals surface area contributed by atoms with Gasteiger partial charge in [-0.05, 0) is 87.5 Å². The van der Waals surface area contributed by atoms with E-state index >= 15 is 0 Å². The van der Waals surface area contributed by atoms with Crippen molar-refractivity contribution in [2.45, 2.75) is 98.0 Å². The van der Waals surface area contributed by atoms with E-state index in [0.29, 0.717) is 18.3 Å². The molecule has 0 radical (unpaired) electrons. The third kappa shape index (κ3) is 9.69. The Kier molecular flexibility index (Phi) is 9.14. The van der Waals surface area contributed by atoms with E-state index < -0.39 is 5.60 Å². The average molecular weight is 379 g/mol. The maximum Gasteiger partial charge on any atom is 0.293 e. The van der Waals surface area contributed by atoms with Gasteiger partial charge < -0.3 is 14.9 Å². The van der Waals surface area contributed by atoms with Gasteiger partial charge >= 0.3 is 0 Å². The number of carbonyl (C=O) groups is 1. The number of hydrogen-bond acceptors (Lipinski definition) is 4. The van der Waals surface area contributed by atoms with Gasteiger partial charge in [-0.25, -0.2) is 0 Å². The van der Waals surface area contributed by atoms with Gasteiger partial charge in [-0.2, -0.15) is 0 Å².